The van der Waals surface area contributed by atoms with E-state index in [0.717, 1.165) is 0 Å². The van der Waals surface area contributed by atoms with Crippen LogP contribution in [-0.2, 0) is 0 Å². The summed E-state index contributed by atoms with van der Waals surface area (Å²) in [5.74, 6) is -0.494. The molecule has 0 spiro atoms. The van der Waals surface area contributed by atoms with Crippen LogP contribution in [0.15, 0.2) is 54.9 Å². The molecule has 1 aromatic carbocycles. The minimum absolute atomic E-state index is 0.0877. The first-order valence-electron chi connectivity index (χ1n) is 9.90. The Hall–Kier alpha value is -2.97. The smallest absolute Gasteiger partial charge is 0.247 e. The lowest BCUT2D eigenvalue weighted by molar-refractivity contribution is 0.240. The average Bonchev–Trinajstić information content (AvgIpc) is 3.09. The van der Waals surface area contributed by atoms with Gasteiger partial charge in [0.1, 0.15) is 29.1 Å². The van der Waals surface area contributed by atoms with Gasteiger partial charge in [-0.2, -0.15) is 0 Å². The van der Waals surface area contributed by atoms with Gasteiger partial charge in [-0.3, -0.25) is 9.79 Å². The number of aromatic amines is 1. The van der Waals surface area contributed by atoms with E-state index in [4.69, 9.17) is 33.7 Å². The molecule has 4 rings (SSSR count). The van der Waals surface area contributed by atoms with Crippen molar-refractivity contribution in [3.05, 3.63) is 61.9 Å². The molecule has 0 saturated heterocycles. The van der Waals surface area contributed by atoms with E-state index in [1.165, 1.54) is 30.7 Å². The maximum atomic E-state index is 15.3. The van der Waals surface area contributed by atoms with E-state index in [9.17, 15) is 4.79 Å². The van der Waals surface area contributed by atoms with Crippen molar-refractivity contribution in [1.82, 2.24) is 4.98 Å². The first kappa shape index (κ1) is 22.2. The summed E-state index contributed by atoms with van der Waals surface area (Å²) in [6.07, 6.45) is 2.53. The van der Waals surface area contributed by atoms with E-state index in [1.807, 2.05) is 20.8 Å². The minimum atomic E-state index is -0.650. The van der Waals surface area contributed by atoms with Crippen molar-refractivity contribution < 1.29 is 9.13 Å². The first-order valence-corrected chi connectivity index (χ1v) is 10.7. The van der Waals surface area contributed by atoms with Crippen molar-refractivity contribution in [2.24, 2.45) is 20.7 Å². The van der Waals surface area contributed by atoms with Crippen LogP contribution in [0, 0.1) is 5.82 Å². The Labute approximate surface area is 193 Å². The van der Waals surface area contributed by atoms with E-state index in [2.05, 4.69) is 20.0 Å². The topological polar surface area (TPSA) is 105 Å². The third-order valence-corrected chi connectivity index (χ3v) is 5.79. The molecule has 1 unspecified atom stereocenters. The summed E-state index contributed by atoms with van der Waals surface area (Å²) in [6.45, 7) is 5.56. The first-order chi connectivity index (χ1) is 15.2. The van der Waals surface area contributed by atoms with Gasteiger partial charge in [0.2, 0.25) is 5.56 Å². The van der Waals surface area contributed by atoms with E-state index in [1.54, 1.807) is 0 Å². The fourth-order valence-electron chi connectivity index (χ4n) is 3.75. The van der Waals surface area contributed by atoms with Crippen LogP contribution in [-0.4, -0.2) is 35.0 Å². The average molecular weight is 476 g/mol. The van der Waals surface area contributed by atoms with Crippen LogP contribution >= 0.6 is 23.2 Å². The predicted molar refractivity (Wildman–Crippen MR) is 126 cm³/mol. The summed E-state index contributed by atoms with van der Waals surface area (Å²) >= 11 is 12.6. The molecule has 3 N–H and O–H groups in total. The number of hydrogen-bond donors (Lipinski definition) is 2. The van der Waals surface area contributed by atoms with Crippen LogP contribution in [0.5, 0.6) is 5.75 Å². The van der Waals surface area contributed by atoms with Gasteiger partial charge < -0.3 is 15.5 Å². The molecule has 0 bridgehead atoms. The van der Waals surface area contributed by atoms with Crippen molar-refractivity contribution in [3.8, 4) is 16.9 Å². The molecule has 0 aliphatic carbocycles. The second kappa shape index (κ2) is 8.52. The van der Waals surface area contributed by atoms with E-state index in [-0.39, 0.29) is 33.2 Å². The highest BCUT2D eigenvalue weighted by molar-refractivity contribution is 6.35. The molecular weight excluding hydrogens is 456 g/mol. The highest BCUT2D eigenvalue weighted by Crippen LogP contribution is 2.44. The van der Waals surface area contributed by atoms with Crippen LogP contribution in [0.2, 0.25) is 5.02 Å². The third kappa shape index (κ3) is 3.84. The highest BCUT2D eigenvalue weighted by atomic mass is 35.5. The Kier molecular flexibility index (Phi) is 5.92. The van der Waals surface area contributed by atoms with Gasteiger partial charge in [0.05, 0.1) is 28.0 Å². The summed E-state index contributed by atoms with van der Waals surface area (Å²) in [5.41, 5.74) is 8.00. The van der Waals surface area contributed by atoms with Gasteiger partial charge in [-0.25, -0.2) is 14.4 Å². The standard InChI is InChI=1S/C22H20Cl2FN5O2/c1-9(2)32-20-12(6-13(23)17(25)15(20)11-4-5-14(31)27-7-11)10(3)18-19-16(21(24)30-18)22(26)29-8-28-19/h4-10,19H,1-3H3,(H,27,31)(H2,26,28,29)/t10-,19?/m0/s1. The number of fused-ring (bicyclic) bond motifs is 1. The molecule has 0 amide bonds. The number of benzene rings is 1. The molecule has 1 aromatic heterocycles. The van der Waals surface area contributed by atoms with Crippen molar-refractivity contribution >= 4 is 41.1 Å². The molecule has 0 saturated carbocycles. The lowest BCUT2D eigenvalue weighted by Crippen LogP contribution is -2.32. The molecule has 0 fully saturated rings. The summed E-state index contributed by atoms with van der Waals surface area (Å²) < 4.78 is 21.4. The number of pyridine rings is 1. The molecule has 32 heavy (non-hydrogen) atoms. The second-order valence-electron chi connectivity index (χ2n) is 7.72. The van der Waals surface area contributed by atoms with Gasteiger partial charge in [-0.05, 0) is 26.0 Å². The number of H-pyrrole nitrogens is 1. The quantitative estimate of drug-likeness (QED) is 0.625. The molecule has 7 nitrogen and oxygen atoms in total. The molecule has 10 heteroatoms. The maximum absolute atomic E-state index is 15.3. The fraction of sp³-hybridized carbons (Fsp3) is 0.273. The number of nitrogens with two attached hydrogens (primary N) is 1. The van der Waals surface area contributed by atoms with Crippen molar-refractivity contribution in [2.45, 2.75) is 38.8 Å². The van der Waals surface area contributed by atoms with Gasteiger partial charge in [-0.1, -0.05) is 30.1 Å². The number of aliphatic imine (C=N–C) groups is 3. The molecule has 166 valence electrons. The Morgan fingerprint density at radius 1 is 1.25 bits per heavy atom. The number of rotatable bonds is 5. The zero-order valence-corrected chi connectivity index (χ0v) is 19.0. The van der Waals surface area contributed by atoms with Gasteiger partial charge in [0.15, 0.2) is 5.82 Å². The van der Waals surface area contributed by atoms with Crippen molar-refractivity contribution in [2.75, 3.05) is 0 Å². The molecule has 2 aromatic rings. The van der Waals surface area contributed by atoms with E-state index >= 15 is 4.39 Å². The zero-order valence-electron chi connectivity index (χ0n) is 17.5. The number of aromatic nitrogens is 1. The normalized spacial score (nSPS) is 18.5. The van der Waals surface area contributed by atoms with Gasteiger partial charge in [0.25, 0.3) is 0 Å². The Balaban J connectivity index is 1.88. The summed E-state index contributed by atoms with van der Waals surface area (Å²) in [7, 11) is 0. The molecule has 2 aliphatic heterocycles. The number of nitrogens with one attached hydrogen (secondary N) is 1. The van der Waals surface area contributed by atoms with Gasteiger partial charge in [0, 0.05) is 29.3 Å². The fourth-order valence-corrected chi connectivity index (χ4v) is 4.26. The third-order valence-electron chi connectivity index (χ3n) is 5.23. The second-order valence-corrected chi connectivity index (χ2v) is 8.48. The molecule has 3 heterocycles. The summed E-state index contributed by atoms with van der Waals surface area (Å²) in [4.78, 5) is 27.0. The maximum Gasteiger partial charge on any atom is 0.247 e. The Bertz CT molecular complexity index is 1260. The van der Waals surface area contributed by atoms with E-state index in [0.29, 0.717) is 28.2 Å². The van der Waals surface area contributed by atoms with E-state index < -0.39 is 17.8 Å². The Morgan fingerprint density at radius 3 is 2.66 bits per heavy atom. The lowest BCUT2D eigenvalue weighted by Gasteiger charge is -2.25. The summed E-state index contributed by atoms with van der Waals surface area (Å²) in [5, 5.41) is 0.130. The number of ether oxygens (including phenoxy) is 1. The highest BCUT2D eigenvalue weighted by Gasteiger charge is 2.37. The molecule has 0 radical (unpaired) electrons. The van der Waals surface area contributed by atoms with Crippen LogP contribution in [0.1, 0.15) is 32.3 Å². The predicted octanol–water partition coefficient (Wildman–Crippen LogP) is 4.40. The van der Waals surface area contributed by atoms with Crippen molar-refractivity contribution in [1.29, 1.82) is 0 Å². The monoisotopic (exact) mass is 475 g/mol. The largest absolute Gasteiger partial charge is 0.490 e. The SMILES string of the molecule is CC(C)Oc1c([C@H](C)C2=NC(Cl)=C3C(N)=NC=NC23)cc(Cl)c(F)c1-c1ccc(=O)[nH]c1. The number of nitrogens with zero attached hydrogens (tertiary/aromatic N) is 3. The lowest BCUT2D eigenvalue weighted by atomic mass is 9.87. The van der Waals surface area contributed by atoms with Gasteiger partial charge >= 0.3 is 0 Å². The minimum Gasteiger partial charge on any atom is -0.490 e. The molecule has 2 atom stereocenters. The summed E-state index contributed by atoms with van der Waals surface area (Å²) in [6, 6.07) is 3.85. The van der Waals surface area contributed by atoms with Crippen LogP contribution in [0.25, 0.3) is 11.1 Å². The molecular formula is C22H20Cl2FN5O2. The Morgan fingerprint density at radius 2 is 2.00 bits per heavy atom. The van der Waals surface area contributed by atoms with Crippen LogP contribution in [0.4, 0.5) is 4.39 Å². The van der Waals surface area contributed by atoms with Gasteiger partial charge in [-0.15, -0.1) is 0 Å². The number of halogens is 3. The van der Waals surface area contributed by atoms with Crippen LogP contribution < -0.4 is 16.0 Å². The van der Waals surface area contributed by atoms with Crippen molar-refractivity contribution in [3.63, 3.8) is 0 Å². The number of hydrogen-bond acceptors (Lipinski definition) is 6. The van der Waals surface area contributed by atoms with Crippen LogP contribution in [0.3, 0.4) is 0 Å². The number of amidine groups is 1. The zero-order chi connectivity index (χ0) is 23.2. The molecule has 2 aliphatic rings.